The second kappa shape index (κ2) is 6.79. The minimum Gasteiger partial charge on any atom is -0.768 e. The quantitative estimate of drug-likeness (QED) is 0.427. The molecule has 18 heavy (non-hydrogen) atoms. The van der Waals surface area contributed by atoms with E-state index in [0.29, 0.717) is 11.5 Å². The maximum atomic E-state index is 11.5. The van der Waals surface area contributed by atoms with Crippen LogP contribution in [0.4, 0.5) is 0 Å². The minimum atomic E-state index is -2.25. The predicted octanol–water partition coefficient (Wildman–Crippen LogP) is -0.680. The summed E-state index contributed by atoms with van der Waals surface area (Å²) >= 11 is -0.961. The van der Waals surface area contributed by atoms with Gasteiger partial charge in [0, 0.05) is 9.60 Å². The van der Waals surface area contributed by atoms with Crippen LogP contribution in [-0.4, -0.2) is 21.3 Å². The van der Waals surface area contributed by atoms with Crippen LogP contribution in [0, 0.1) is 0 Å². The van der Waals surface area contributed by atoms with Gasteiger partial charge in [0.05, 0.1) is 6.61 Å². The summed E-state index contributed by atoms with van der Waals surface area (Å²) in [6.07, 6.45) is 0. The van der Waals surface area contributed by atoms with Crippen molar-refractivity contribution in [2.45, 2.75) is 11.8 Å². The van der Waals surface area contributed by atoms with E-state index < -0.39 is 11.1 Å². The second-order valence-corrected chi connectivity index (χ2v) is 5.29. The van der Waals surface area contributed by atoms with Gasteiger partial charge in [-0.15, -0.1) is 11.3 Å². The second-order valence-electron chi connectivity index (χ2n) is 3.27. The maximum absolute atomic E-state index is 11.5. The number of carbonyl (C=O) groups excluding carboxylic acids is 1. The van der Waals surface area contributed by atoms with Gasteiger partial charge >= 0.3 is 35.5 Å². The Morgan fingerprint density at radius 2 is 2.17 bits per heavy atom. The van der Waals surface area contributed by atoms with Crippen molar-refractivity contribution >= 4 is 38.5 Å². The van der Waals surface area contributed by atoms with Gasteiger partial charge in [0.1, 0.15) is 4.88 Å². The minimum absolute atomic E-state index is 0. The molecule has 1 unspecified atom stereocenters. The summed E-state index contributed by atoms with van der Waals surface area (Å²) < 4.78 is 27.3. The van der Waals surface area contributed by atoms with E-state index in [0.717, 1.165) is 10.1 Å². The summed E-state index contributed by atoms with van der Waals surface area (Å²) in [5.41, 5.74) is 0. The summed E-state index contributed by atoms with van der Waals surface area (Å²) in [5, 5.41) is 0.736. The molecular weight excluding hydrogens is 283 g/mol. The van der Waals surface area contributed by atoms with Gasteiger partial charge in [0.25, 0.3) is 0 Å². The molecule has 0 saturated carbocycles. The molecule has 1 atom stereocenters. The Morgan fingerprint density at radius 3 is 2.78 bits per heavy atom. The van der Waals surface area contributed by atoms with Crippen molar-refractivity contribution in [1.29, 1.82) is 0 Å². The first-order valence-electron chi connectivity index (χ1n) is 4.92. The van der Waals surface area contributed by atoms with Crippen molar-refractivity contribution in [3.05, 3.63) is 29.1 Å². The Kier molecular flexibility index (Phi) is 5.97. The van der Waals surface area contributed by atoms with Crippen LogP contribution in [0.25, 0.3) is 10.1 Å². The third-order valence-electron chi connectivity index (χ3n) is 2.16. The summed E-state index contributed by atoms with van der Waals surface area (Å²) in [7, 11) is 0. The molecule has 2 rings (SSSR count). The van der Waals surface area contributed by atoms with E-state index in [1.165, 1.54) is 23.5 Å². The number of hydrogen-bond acceptors (Lipinski definition) is 5. The third-order valence-corrected chi connectivity index (χ3v) is 3.89. The smallest absolute Gasteiger partial charge is 0.768 e. The van der Waals surface area contributed by atoms with E-state index in [1.54, 1.807) is 19.1 Å². The van der Waals surface area contributed by atoms with Gasteiger partial charge in [-0.2, -0.15) is 0 Å². The predicted molar refractivity (Wildman–Crippen MR) is 65.0 cm³/mol. The fourth-order valence-electron chi connectivity index (χ4n) is 1.43. The summed E-state index contributed by atoms with van der Waals surface area (Å²) in [5.74, 6) is -0.376. The van der Waals surface area contributed by atoms with E-state index in [4.69, 9.17) is 4.74 Å². The first-order valence-corrected chi connectivity index (χ1v) is 6.81. The molecule has 0 radical (unpaired) electrons. The van der Waals surface area contributed by atoms with E-state index in [-0.39, 0.29) is 40.4 Å². The number of thiophene rings is 1. The molecule has 4 nitrogen and oxygen atoms in total. The zero-order valence-corrected chi connectivity index (χ0v) is 13.6. The van der Waals surface area contributed by atoms with Crippen molar-refractivity contribution < 1.29 is 47.9 Å². The largest absolute Gasteiger partial charge is 1.00 e. The van der Waals surface area contributed by atoms with Crippen LogP contribution in [0.1, 0.15) is 16.6 Å². The number of esters is 1. The van der Waals surface area contributed by atoms with Crippen LogP contribution in [0.5, 0.6) is 0 Å². The van der Waals surface area contributed by atoms with Crippen molar-refractivity contribution in [2.24, 2.45) is 0 Å². The molecule has 0 aliphatic rings. The third kappa shape index (κ3) is 3.40. The van der Waals surface area contributed by atoms with Gasteiger partial charge in [0.2, 0.25) is 0 Å². The van der Waals surface area contributed by atoms with Crippen LogP contribution in [0.3, 0.4) is 0 Å². The number of fused-ring (bicyclic) bond motifs is 1. The summed E-state index contributed by atoms with van der Waals surface area (Å²) in [6, 6.07) is 6.39. The van der Waals surface area contributed by atoms with Crippen LogP contribution in [0.15, 0.2) is 29.2 Å². The fraction of sp³-hybridized carbons (Fsp3) is 0.182. The van der Waals surface area contributed by atoms with Crippen LogP contribution < -0.4 is 29.6 Å². The van der Waals surface area contributed by atoms with Crippen LogP contribution in [0.2, 0.25) is 0 Å². The number of rotatable bonds is 3. The number of carbonyl (C=O) groups is 1. The molecule has 0 saturated heterocycles. The van der Waals surface area contributed by atoms with E-state index in [2.05, 4.69) is 0 Å². The number of ether oxygens (including phenoxy) is 1. The monoisotopic (exact) mass is 292 g/mol. The van der Waals surface area contributed by atoms with Gasteiger partial charge in [-0.3, -0.25) is 4.21 Å². The normalized spacial score (nSPS) is 11.9. The summed E-state index contributed by atoms with van der Waals surface area (Å²) in [6.45, 7) is 2.06. The molecule has 1 aromatic heterocycles. The molecule has 1 aromatic carbocycles. The van der Waals surface area contributed by atoms with Gasteiger partial charge in [-0.05, 0) is 47.7 Å². The standard InChI is InChI=1S/C11H10O4S2.Na/c1-2-15-11(12)10-6-7-5-8(17(13)14)3-4-9(7)16-10;/h3-6H,2H2,1H3,(H,13,14);/q;+1/p-1. The van der Waals surface area contributed by atoms with Gasteiger partial charge in [0.15, 0.2) is 0 Å². The number of hydrogen-bond donors (Lipinski definition) is 0. The van der Waals surface area contributed by atoms with Crippen LogP contribution >= 0.6 is 11.3 Å². The molecule has 1 heterocycles. The molecule has 0 amide bonds. The van der Waals surface area contributed by atoms with E-state index >= 15 is 0 Å². The van der Waals surface area contributed by atoms with E-state index in [9.17, 15) is 13.6 Å². The molecule has 0 aliphatic heterocycles. The number of benzene rings is 1. The Hall–Kier alpha value is -0.240. The van der Waals surface area contributed by atoms with Gasteiger partial charge < -0.3 is 9.29 Å². The molecule has 0 aliphatic carbocycles. The van der Waals surface area contributed by atoms with Gasteiger partial charge in [-0.1, -0.05) is 0 Å². The Morgan fingerprint density at radius 1 is 1.44 bits per heavy atom. The first-order chi connectivity index (χ1) is 8.11. The molecule has 2 aromatic rings. The van der Waals surface area contributed by atoms with Crippen molar-refractivity contribution in [2.75, 3.05) is 6.61 Å². The van der Waals surface area contributed by atoms with Crippen LogP contribution in [-0.2, 0) is 15.8 Å². The average Bonchev–Trinajstić information content (AvgIpc) is 2.71. The Balaban J connectivity index is 0.00000162. The average molecular weight is 292 g/mol. The fourth-order valence-corrected chi connectivity index (χ4v) is 2.77. The zero-order valence-electron chi connectivity index (χ0n) is 9.97. The molecule has 0 N–H and O–H groups in total. The Labute approximate surface area is 133 Å². The molecule has 90 valence electrons. The SMILES string of the molecule is CCOC(=O)c1cc2cc(S(=O)[O-])ccc2s1.[Na+]. The molecule has 0 fully saturated rings. The molecular formula is C11H9NaO4S2. The van der Waals surface area contributed by atoms with Crippen molar-refractivity contribution in [1.82, 2.24) is 0 Å². The Bertz CT molecular complexity index is 594. The molecule has 7 heteroatoms. The molecule has 0 spiro atoms. The zero-order chi connectivity index (χ0) is 12.4. The maximum Gasteiger partial charge on any atom is 1.00 e. The summed E-state index contributed by atoms with van der Waals surface area (Å²) in [4.78, 5) is 12.2. The van der Waals surface area contributed by atoms with Crippen molar-refractivity contribution in [3.63, 3.8) is 0 Å². The topological polar surface area (TPSA) is 66.4 Å². The molecule has 0 bridgehead atoms. The van der Waals surface area contributed by atoms with Gasteiger partial charge in [-0.25, -0.2) is 4.79 Å². The first kappa shape index (κ1) is 15.8. The van der Waals surface area contributed by atoms with Crippen molar-refractivity contribution in [3.8, 4) is 0 Å². The van der Waals surface area contributed by atoms with E-state index in [1.807, 2.05) is 0 Å².